The van der Waals surface area contributed by atoms with Gasteiger partial charge in [-0.15, -0.1) is 0 Å². The number of ether oxygens (including phenoxy) is 1. The van der Waals surface area contributed by atoms with Gasteiger partial charge in [0.1, 0.15) is 18.2 Å². The predicted octanol–water partition coefficient (Wildman–Crippen LogP) is 2.52. The summed E-state index contributed by atoms with van der Waals surface area (Å²) in [4.78, 5) is 37.0. The third-order valence-corrected chi connectivity index (χ3v) is 4.61. The van der Waals surface area contributed by atoms with Crippen LogP contribution >= 0.6 is 0 Å². The quantitative estimate of drug-likeness (QED) is 0.601. The van der Waals surface area contributed by atoms with Crippen LogP contribution in [0, 0.1) is 25.2 Å². The van der Waals surface area contributed by atoms with Gasteiger partial charge in [0, 0.05) is 30.1 Å². The summed E-state index contributed by atoms with van der Waals surface area (Å²) in [5, 5.41) is 14.7. The minimum atomic E-state index is -0.485. The van der Waals surface area contributed by atoms with Gasteiger partial charge in [0.2, 0.25) is 5.91 Å². The predicted molar refractivity (Wildman–Crippen MR) is 118 cm³/mol. The molecule has 8 heteroatoms. The first-order chi connectivity index (χ1) is 14.7. The minimum absolute atomic E-state index is 0.0320. The van der Waals surface area contributed by atoms with Gasteiger partial charge in [0.15, 0.2) is 0 Å². The van der Waals surface area contributed by atoms with Crippen molar-refractivity contribution in [1.29, 1.82) is 5.26 Å². The maximum atomic E-state index is 12.4. The van der Waals surface area contributed by atoms with Crippen molar-refractivity contribution >= 4 is 17.5 Å². The van der Waals surface area contributed by atoms with Crippen LogP contribution in [-0.2, 0) is 16.1 Å². The molecule has 0 saturated carbocycles. The van der Waals surface area contributed by atoms with E-state index in [-0.39, 0.29) is 24.1 Å². The van der Waals surface area contributed by atoms with Gasteiger partial charge in [-0.05, 0) is 70.0 Å². The zero-order chi connectivity index (χ0) is 23.0. The number of hydrogen-bond acceptors (Lipinski definition) is 5. The zero-order valence-electron chi connectivity index (χ0n) is 18.3. The Bertz CT molecular complexity index is 1030. The Morgan fingerprint density at radius 2 is 1.87 bits per heavy atom. The summed E-state index contributed by atoms with van der Waals surface area (Å²) in [5.74, 6) is -0.603. The fourth-order valence-corrected chi connectivity index (χ4v) is 3.00. The molecule has 0 unspecified atom stereocenters. The molecule has 1 heterocycles. The van der Waals surface area contributed by atoms with Crippen molar-refractivity contribution in [3.8, 4) is 6.07 Å². The number of amides is 2. The Balaban J connectivity index is 1.93. The summed E-state index contributed by atoms with van der Waals surface area (Å²) in [6.07, 6.45) is 0.893. The van der Waals surface area contributed by atoms with E-state index in [2.05, 4.69) is 10.6 Å². The summed E-state index contributed by atoms with van der Waals surface area (Å²) < 4.78 is 6.70. The fourth-order valence-electron chi connectivity index (χ4n) is 3.00. The molecule has 0 aliphatic rings. The van der Waals surface area contributed by atoms with E-state index in [4.69, 9.17) is 10.00 Å². The SMILES string of the molecule is Cc1cc(C)n(CC(=O)Nc2ccc(C(=O)NCCCOC(C)C)cc2)c(=O)c1C#N. The first-order valence-electron chi connectivity index (χ1n) is 10.1. The molecule has 8 nitrogen and oxygen atoms in total. The Labute approximate surface area is 181 Å². The third-order valence-electron chi connectivity index (χ3n) is 4.61. The highest BCUT2D eigenvalue weighted by Crippen LogP contribution is 2.11. The van der Waals surface area contributed by atoms with Crippen LogP contribution in [0.25, 0.3) is 0 Å². The van der Waals surface area contributed by atoms with E-state index in [1.165, 1.54) is 4.57 Å². The van der Waals surface area contributed by atoms with E-state index in [0.29, 0.717) is 35.7 Å². The lowest BCUT2D eigenvalue weighted by atomic mass is 10.1. The third kappa shape index (κ3) is 6.79. The number of carbonyl (C=O) groups is 2. The Morgan fingerprint density at radius 1 is 1.19 bits per heavy atom. The Hall–Kier alpha value is -3.44. The summed E-state index contributed by atoms with van der Waals surface area (Å²) >= 11 is 0. The molecule has 0 saturated heterocycles. The van der Waals surface area contributed by atoms with E-state index in [1.54, 1.807) is 44.2 Å². The summed E-state index contributed by atoms with van der Waals surface area (Å²) in [6, 6.07) is 10.1. The van der Waals surface area contributed by atoms with Crippen LogP contribution in [0.4, 0.5) is 5.69 Å². The second-order valence-corrected chi connectivity index (χ2v) is 7.50. The van der Waals surface area contributed by atoms with Crippen molar-refractivity contribution < 1.29 is 14.3 Å². The Morgan fingerprint density at radius 3 is 2.48 bits per heavy atom. The zero-order valence-corrected chi connectivity index (χ0v) is 18.3. The van der Waals surface area contributed by atoms with Crippen LogP contribution in [0.2, 0.25) is 0 Å². The van der Waals surface area contributed by atoms with E-state index < -0.39 is 11.5 Å². The Kier molecular flexibility index (Phi) is 8.53. The summed E-state index contributed by atoms with van der Waals surface area (Å²) in [7, 11) is 0. The van der Waals surface area contributed by atoms with Gasteiger partial charge >= 0.3 is 0 Å². The van der Waals surface area contributed by atoms with Crippen molar-refractivity contribution in [1.82, 2.24) is 9.88 Å². The van der Waals surface area contributed by atoms with Crippen LogP contribution in [0.1, 0.15) is 47.4 Å². The first kappa shape index (κ1) is 23.8. The highest BCUT2D eigenvalue weighted by Gasteiger charge is 2.13. The normalized spacial score (nSPS) is 10.6. The fraction of sp³-hybridized carbons (Fsp3) is 0.391. The molecule has 31 heavy (non-hydrogen) atoms. The number of nitrogens with one attached hydrogen (secondary N) is 2. The molecule has 0 aliphatic carbocycles. The van der Waals surface area contributed by atoms with Crippen LogP contribution in [0.15, 0.2) is 35.1 Å². The average Bonchev–Trinajstić information content (AvgIpc) is 2.71. The molecular formula is C23H28N4O4. The van der Waals surface area contributed by atoms with Gasteiger partial charge in [-0.3, -0.25) is 14.4 Å². The number of carbonyl (C=O) groups excluding carboxylic acids is 2. The maximum absolute atomic E-state index is 12.4. The summed E-state index contributed by atoms with van der Waals surface area (Å²) in [6.45, 7) is 8.22. The number of nitrogens with zero attached hydrogens (tertiary/aromatic N) is 2. The molecule has 1 aromatic heterocycles. The van der Waals surface area contributed by atoms with Crippen LogP contribution in [-0.4, -0.2) is 35.6 Å². The smallest absolute Gasteiger partial charge is 0.269 e. The largest absolute Gasteiger partial charge is 0.379 e. The van der Waals surface area contributed by atoms with Crippen molar-refractivity contribution in [3.63, 3.8) is 0 Å². The van der Waals surface area contributed by atoms with E-state index in [9.17, 15) is 14.4 Å². The number of nitriles is 1. The van der Waals surface area contributed by atoms with E-state index >= 15 is 0 Å². The topological polar surface area (TPSA) is 113 Å². The molecule has 0 atom stereocenters. The summed E-state index contributed by atoms with van der Waals surface area (Å²) in [5.41, 5.74) is 1.72. The van der Waals surface area contributed by atoms with Crippen LogP contribution in [0.5, 0.6) is 0 Å². The van der Waals surface area contributed by atoms with E-state index in [0.717, 1.165) is 6.42 Å². The standard InChI is InChI=1S/C23H28N4O4/c1-15(2)31-11-5-10-25-22(29)18-6-8-19(9-7-18)26-21(28)14-27-17(4)12-16(3)20(13-24)23(27)30/h6-9,12,15H,5,10-11,14H2,1-4H3,(H,25,29)(H,26,28). The van der Waals surface area contributed by atoms with Crippen LogP contribution < -0.4 is 16.2 Å². The van der Waals surface area contributed by atoms with Gasteiger partial charge in [-0.1, -0.05) is 0 Å². The second-order valence-electron chi connectivity index (χ2n) is 7.50. The van der Waals surface area contributed by atoms with Crippen molar-refractivity contribution in [2.45, 2.75) is 46.8 Å². The number of rotatable bonds is 9. The molecule has 0 bridgehead atoms. The molecule has 2 N–H and O–H groups in total. The molecular weight excluding hydrogens is 396 g/mol. The van der Waals surface area contributed by atoms with Gasteiger partial charge in [0.25, 0.3) is 11.5 Å². The van der Waals surface area contributed by atoms with Gasteiger partial charge in [-0.2, -0.15) is 5.26 Å². The number of aryl methyl sites for hydroxylation is 2. The highest BCUT2D eigenvalue weighted by atomic mass is 16.5. The van der Waals surface area contributed by atoms with Gasteiger partial charge in [0.05, 0.1) is 6.10 Å². The highest BCUT2D eigenvalue weighted by molar-refractivity contribution is 5.95. The lowest BCUT2D eigenvalue weighted by molar-refractivity contribution is -0.116. The molecule has 1 aromatic carbocycles. The number of anilines is 1. The maximum Gasteiger partial charge on any atom is 0.269 e. The van der Waals surface area contributed by atoms with Gasteiger partial charge in [-0.25, -0.2) is 0 Å². The molecule has 2 aromatic rings. The molecule has 164 valence electrons. The molecule has 0 radical (unpaired) electrons. The van der Waals surface area contributed by atoms with E-state index in [1.807, 2.05) is 19.9 Å². The average molecular weight is 425 g/mol. The number of aromatic nitrogens is 1. The molecule has 0 spiro atoms. The van der Waals surface area contributed by atoms with Gasteiger partial charge < -0.3 is 19.9 Å². The van der Waals surface area contributed by atoms with Crippen molar-refractivity contribution in [3.05, 3.63) is 63.1 Å². The van der Waals surface area contributed by atoms with Crippen molar-refractivity contribution in [2.24, 2.45) is 0 Å². The first-order valence-corrected chi connectivity index (χ1v) is 10.1. The minimum Gasteiger partial charge on any atom is -0.379 e. The number of pyridine rings is 1. The molecule has 2 rings (SSSR count). The second kappa shape index (κ2) is 11.1. The van der Waals surface area contributed by atoms with Crippen LogP contribution in [0.3, 0.4) is 0 Å². The molecule has 0 fully saturated rings. The molecule has 0 aliphatic heterocycles. The molecule has 2 amide bonds. The lowest BCUT2D eigenvalue weighted by Gasteiger charge is -2.12. The lowest BCUT2D eigenvalue weighted by Crippen LogP contribution is -2.31. The number of hydrogen-bond donors (Lipinski definition) is 2. The monoisotopic (exact) mass is 424 g/mol. The number of benzene rings is 1. The van der Waals surface area contributed by atoms with Crippen molar-refractivity contribution in [2.75, 3.05) is 18.5 Å².